The maximum Gasteiger partial charge on any atom is 0.258 e. The lowest BCUT2D eigenvalue weighted by Gasteiger charge is -2.06. The van der Waals surface area contributed by atoms with Gasteiger partial charge >= 0.3 is 0 Å². The van der Waals surface area contributed by atoms with Crippen molar-refractivity contribution < 1.29 is 0 Å². The van der Waals surface area contributed by atoms with E-state index in [0.717, 1.165) is 50.8 Å². The summed E-state index contributed by atoms with van der Waals surface area (Å²) < 4.78 is 4.84. The van der Waals surface area contributed by atoms with Crippen LogP contribution in [0.25, 0.3) is 21.5 Å². The van der Waals surface area contributed by atoms with Crippen LogP contribution < -0.4 is 16.9 Å². The van der Waals surface area contributed by atoms with Gasteiger partial charge in [0.1, 0.15) is 0 Å². The highest BCUT2D eigenvalue weighted by molar-refractivity contribution is 14.1. The van der Waals surface area contributed by atoms with E-state index in [4.69, 9.17) is 5.73 Å². The first kappa shape index (κ1) is 19.4. The van der Waals surface area contributed by atoms with Crippen molar-refractivity contribution in [2.45, 2.75) is 37.8 Å². The van der Waals surface area contributed by atoms with Crippen molar-refractivity contribution in [3.05, 3.63) is 85.2 Å². The van der Waals surface area contributed by atoms with Gasteiger partial charge in [0, 0.05) is 55.3 Å². The van der Waals surface area contributed by atoms with Crippen LogP contribution in [0.5, 0.6) is 0 Å². The lowest BCUT2D eigenvalue weighted by Crippen LogP contribution is -2.18. The van der Waals surface area contributed by atoms with Crippen molar-refractivity contribution in [2.24, 2.45) is 0 Å². The molecular formula is C24H22IN3O2. The standard InChI is InChI=1S/C12H10INO.C12H12N2O/c2*13-11-3-1-2-10-9(11)6-7-14(12(10)15)8-4-5-8/h1-3,6-8H,4-5H2;1-3,6-8H,4-5,13H2. The molecule has 0 aliphatic heterocycles. The van der Waals surface area contributed by atoms with Gasteiger partial charge in [-0.3, -0.25) is 9.59 Å². The fourth-order valence-electron chi connectivity index (χ4n) is 3.85. The summed E-state index contributed by atoms with van der Waals surface area (Å²) in [5.41, 5.74) is 6.74. The minimum Gasteiger partial charge on any atom is -0.398 e. The van der Waals surface area contributed by atoms with Crippen LogP contribution in [0.2, 0.25) is 0 Å². The molecule has 2 saturated carbocycles. The van der Waals surface area contributed by atoms with E-state index in [2.05, 4.69) is 28.7 Å². The number of aromatic nitrogens is 2. The van der Waals surface area contributed by atoms with Crippen molar-refractivity contribution in [1.29, 1.82) is 0 Å². The molecule has 0 spiro atoms. The van der Waals surface area contributed by atoms with Crippen LogP contribution in [0, 0.1) is 3.57 Å². The number of nitrogen functional groups attached to an aromatic ring is 1. The van der Waals surface area contributed by atoms with Crippen LogP contribution in [0.1, 0.15) is 37.8 Å². The molecule has 2 heterocycles. The highest BCUT2D eigenvalue weighted by atomic mass is 127. The Morgan fingerprint density at radius 2 is 1.20 bits per heavy atom. The maximum atomic E-state index is 12.1. The zero-order valence-electron chi connectivity index (χ0n) is 16.4. The third kappa shape index (κ3) is 3.53. The summed E-state index contributed by atoms with van der Waals surface area (Å²) in [7, 11) is 0. The van der Waals surface area contributed by atoms with E-state index in [1.54, 1.807) is 0 Å². The van der Waals surface area contributed by atoms with E-state index < -0.39 is 0 Å². The monoisotopic (exact) mass is 511 g/mol. The third-order valence-corrected chi connectivity index (χ3v) is 6.75. The van der Waals surface area contributed by atoms with Gasteiger partial charge in [-0.05, 0) is 84.7 Å². The molecule has 2 aliphatic carbocycles. The highest BCUT2D eigenvalue weighted by Gasteiger charge is 2.25. The van der Waals surface area contributed by atoms with Gasteiger partial charge in [0.15, 0.2) is 0 Å². The molecule has 0 unspecified atom stereocenters. The van der Waals surface area contributed by atoms with Crippen LogP contribution in [-0.4, -0.2) is 9.13 Å². The van der Waals surface area contributed by atoms with Crippen molar-refractivity contribution >= 4 is 49.8 Å². The molecule has 4 aromatic rings. The smallest absolute Gasteiger partial charge is 0.258 e. The summed E-state index contributed by atoms with van der Waals surface area (Å²) in [5.74, 6) is 0. The molecule has 30 heavy (non-hydrogen) atoms. The number of benzene rings is 2. The number of pyridine rings is 2. The van der Waals surface area contributed by atoms with Crippen molar-refractivity contribution in [3.8, 4) is 0 Å². The lowest BCUT2D eigenvalue weighted by atomic mass is 10.1. The fraction of sp³-hybridized carbons (Fsp3) is 0.250. The predicted molar refractivity (Wildman–Crippen MR) is 130 cm³/mol. The molecule has 6 heteroatoms. The van der Waals surface area contributed by atoms with Crippen LogP contribution in [0.15, 0.2) is 70.5 Å². The van der Waals surface area contributed by atoms with Gasteiger partial charge in [0.2, 0.25) is 0 Å². The Balaban J connectivity index is 0.000000128. The predicted octanol–water partition coefficient (Wildman–Crippen LogP) is 4.86. The molecule has 0 radical (unpaired) electrons. The van der Waals surface area contributed by atoms with Crippen molar-refractivity contribution in [3.63, 3.8) is 0 Å². The lowest BCUT2D eigenvalue weighted by molar-refractivity contribution is 0.714. The first-order chi connectivity index (χ1) is 14.5. The molecule has 2 aromatic carbocycles. The Labute approximate surface area is 187 Å². The topological polar surface area (TPSA) is 70.0 Å². The van der Waals surface area contributed by atoms with Gasteiger partial charge in [-0.1, -0.05) is 12.1 Å². The first-order valence-electron chi connectivity index (χ1n) is 10.2. The molecule has 2 N–H and O–H groups in total. The second kappa shape index (κ2) is 7.58. The average Bonchev–Trinajstić information content (AvgIpc) is 3.64. The van der Waals surface area contributed by atoms with Gasteiger partial charge in [0.25, 0.3) is 11.1 Å². The number of fused-ring (bicyclic) bond motifs is 2. The van der Waals surface area contributed by atoms with E-state index in [1.807, 2.05) is 64.0 Å². The van der Waals surface area contributed by atoms with Crippen molar-refractivity contribution in [1.82, 2.24) is 9.13 Å². The molecular weight excluding hydrogens is 489 g/mol. The molecule has 0 bridgehead atoms. The summed E-state index contributed by atoms with van der Waals surface area (Å²) >= 11 is 2.27. The van der Waals surface area contributed by atoms with Gasteiger partial charge in [-0.25, -0.2) is 0 Å². The van der Waals surface area contributed by atoms with Gasteiger partial charge in [-0.2, -0.15) is 0 Å². The maximum absolute atomic E-state index is 12.1. The molecule has 152 valence electrons. The number of halogens is 1. The highest BCUT2D eigenvalue weighted by Crippen LogP contribution is 2.34. The zero-order valence-corrected chi connectivity index (χ0v) is 18.6. The number of rotatable bonds is 2. The van der Waals surface area contributed by atoms with Crippen LogP contribution in [0.4, 0.5) is 5.69 Å². The Hall–Kier alpha value is -2.61. The van der Waals surface area contributed by atoms with Gasteiger partial charge in [-0.15, -0.1) is 0 Å². The molecule has 0 atom stereocenters. The van der Waals surface area contributed by atoms with E-state index in [1.165, 1.54) is 0 Å². The number of anilines is 1. The Morgan fingerprint density at radius 3 is 1.77 bits per heavy atom. The van der Waals surface area contributed by atoms with E-state index >= 15 is 0 Å². The first-order valence-corrected chi connectivity index (χ1v) is 11.3. The third-order valence-electron chi connectivity index (χ3n) is 5.81. The van der Waals surface area contributed by atoms with Crippen LogP contribution >= 0.6 is 22.6 Å². The SMILES string of the molecule is Nc1cccc2c(=O)n(C3CC3)ccc12.O=c1c2cccc(I)c2ccn1C1CC1. The quantitative estimate of drug-likeness (QED) is 0.309. The Morgan fingerprint density at radius 1 is 0.700 bits per heavy atom. The number of nitrogens with zero attached hydrogens (tertiary/aromatic N) is 2. The summed E-state index contributed by atoms with van der Waals surface area (Å²) in [4.78, 5) is 24.2. The molecule has 5 nitrogen and oxygen atoms in total. The largest absolute Gasteiger partial charge is 0.398 e. The second-order valence-electron chi connectivity index (χ2n) is 8.03. The Bertz CT molecular complexity index is 1270. The average molecular weight is 511 g/mol. The zero-order chi connectivity index (χ0) is 20.8. The summed E-state index contributed by atoms with van der Waals surface area (Å²) in [6, 6.07) is 16.3. The minimum atomic E-state index is 0.0855. The molecule has 2 aliphatic rings. The Kier molecular flexibility index (Phi) is 4.89. The summed E-state index contributed by atoms with van der Waals surface area (Å²) in [5, 5.41) is 3.50. The minimum absolute atomic E-state index is 0.0855. The molecule has 2 fully saturated rings. The fourth-order valence-corrected chi connectivity index (χ4v) is 4.53. The van der Waals surface area contributed by atoms with Gasteiger partial charge in [0.05, 0.1) is 0 Å². The summed E-state index contributed by atoms with van der Waals surface area (Å²) in [6.07, 6.45) is 8.33. The van der Waals surface area contributed by atoms with Crippen LogP contribution in [-0.2, 0) is 0 Å². The second-order valence-corrected chi connectivity index (χ2v) is 9.19. The summed E-state index contributed by atoms with van der Waals surface area (Å²) in [6.45, 7) is 0. The van der Waals surface area contributed by atoms with Gasteiger partial charge < -0.3 is 14.9 Å². The molecule has 6 rings (SSSR count). The molecule has 0 amide bonds. The van der Waals surface area contributed by atoms with E-state index in [0.29, 0.717) is 17.8 Å². The van der Waals surface area contributed by atoms with Crippen LogP contribution in [0.3, 0.4) is 0 Å². The number of hydrogen-bond donors (Lipinski definition) is 1. The normalized spacial score (nSPS) is 15.8. The number of hydrogen-bond acceptors (Lipinski definition) is 3. The molecule has 2 aromatic heterocycles. The van der Waals surface area contributed by atoms with E-state index in [-0.39, 0.29) is 11.1 Å². The molecule has 0 saturated heterocycles. The van der Waals surface area contributed by atoms with Crippen molar-refractivity contribution in [2.75, 3.05) is 5.73 Å². The number of nitrogens with two attached hydrogens (primary N) is 1. The van der Waals surface area contributed by atoms with E-state index in [9.17, 15) is 9.59 Å².